The summed E-state index contributed by atoms with van der Waals surface area (Å²) in [5.41, 5.74) is 3.52. The van der Waals surface area contributed by atoms with Gasteiger partial charge in [-0.15, -0.1) is 0 Å². The Hall–Kier alpha value is -4.10. The van der Waals surface area contributed by atoms with Gasteiger partial charge in [0, 0.05) is 16.5 Å². The second-order valence-electron chi connectivity index (χ2n) is 7.80. The van der Waals surface area contributed by atoms with Crippen molar-refractivity contribution in [3.05, 3.63) is 127 Å². The Morgan fingerprint density at radius 2 is 0.613 bits per heavy atom. The SMILES string of the molecule is c1ccc(-n2c3ccccc3c3ccccc3c3ccccc3c3ccccc32)cc1. The van der Waals surface area contributed by atoms with E-state index in [1.54, 1.807) is 0 Å². The third kappa shape index (κ3) is 2.86. The molecule has 0 aliphatic heterocycles. The number of hydrogen-bond acceptors (Lipinski definition) is 0. The highest BCUT2D eigenvalue weighted by Gasteiger charge is 2.09. The summed E-state index contributed by atoms with van der Waals surface area (Å²) in [6.07, 6.45) is 0. The first-order valence-corrected chi connectivity index (χ1v) is 10.6. The topological polar surface area (TPSA) is 4.93 Å². The number of rotatable bonds is 1. The predicted octanol–water partition coefficient (Wildman–Crippen LogP) is 8.21. The van der Waals surface area contributed by atoms with Gasteiger partial charge in [0.05, 0.1) is 11.0 Å². The lowest BCUT2D eigenvalue weighted by Gasteiger charge is -2.13. The van der Waals surface area contributed by atoms with Crippen LogP contribution in [0.2, 0.25) is 0 Å². The van der Waals surface area contributed by atoms with E-state index in [9.17, 15) is 0 Å². The second kappa shape index (κ2) is 7.30. The molecule has 0 N–H and O–H groups in total. The van der Waals surface area contributed by atoms with Crippen molar-refractivity contribution in [1.82, 2.24) is 4.57 Å². The van der Waals surface area contributed by atoms with E-state index in [-0.39, 0.29) is 0 Å². The fourth-order valence-electron chi connectivity index (χ4n) is 4.68. The fourth-order valence-corrected chi connectivity index (χ4v) is 4.68. The molecule has 5 aromatic carbocycles. The predicted molar refractivity (Wildman–Crippen MR) is 133 cm³/mol. The lowest BCUT2D eigenvalue weighted by Crippen LogP contribution is -1.97. The Morgan fingerprint density at radius 3 is 1.06 bits per heavy atom. The van der Waals surface area contributed by atoms with Crippen LogP contribution in [0.25, 0.3) is 49.0 Å². The van der Waals surface area contributed by atoms with Crippen molar-refractivity contribution < 1.29 is 0 Å². The molecule has 0 aliphatic carbocycles. The van der Waals surface area contributed by atoms with E-state index in [2.05, 4.69) is 132 Å². The highest BCUT2D eigenvalue weighted by molar-refractivity contribution is 6.19. The Bertz CT molecular complexity index is 1520. The average molecular weight is 396 g/mol. The van der Waals surface area contributed by atoms with Gasteiger partial charge in [-0.1, -0.05) is 103 Å². The first-order valence-electron chi connectivity index (χ1n) is 10.6. The highest BCUT2D eigenvalue weighted by atomic mass is 15.0. The van der Waals surface area contributed by atoms with Gasteiger partial charge in [-0.3, -0.25) is 0 Å². The summed E-state index contributed by atoms with van der Waals surface area (Å²) in [5.74, 6) is 0. The number of fused-ring (bicyclic) bond motifs is 7. The zero-order valence-corrected chi connectivity index (χ0v) is 17.1. The Balaban J connectivity index is 2.08. The molecule has 6 aromatic rings. The molecule has 146 valence electrons. The summed E-state index contributed by atoms with van der Waals surface area (Å²) in [6.45, 7) is 0. The van der Waals surface area contributed by atoms with Gasteiger partial charge in [0.2, 0.25) is 0 Å². The van der Waals surface area contributed by atoms with Crippen LogP contribution in [0.3, 0.4) is 0 Å². The van der Waals surface area contributed by atoms with Crippen molar-refractivity contribution in [1.29, 1.82) is 0 Å². The zero-order chi connectivity index (χ0) is 20.6. The molecule has 0 saturated carbocycles. The van der Waals surface area contributed by atoms with Crippen LogP contribution in [0.5, 0.6) is 0 Å². The lowest BCUT2D eigenvalue weighted by molar-refractivity contribution is 1.17. The van der Waals surface area contributed by atoms with E-state index in [4.69, 9.17) is 0 Å². The van der Waals surface area contributed by atoms with Crippen LogP contribution in [-0.4, -0.2) is 4.57 Å². The summed E-state index contributed by atoms with van der Waals surface area (Å²) >= 11 is 0. The van der Waals surface area contributed by atoms with Gasteiger partial charge in [-0.2, -0.15) is 0 Å². The van der Waals surface area contributed by atoms with E-state index in [1.807, 2.05) is 0 Å². The largest absolute Gasteiger partial charge is 0.309 e. The minimum Gasteiger partial charge on any atom is -0.309 e. The monoisotopic (exact) mass is 395 g/mol. The Kier molecular flexibility index (Phi) is 4.18. The summed E-state index contributed by atoms with van der Waals surface area (Å²) in [6, 6.07) is 45.6. The smallest absolute Gasteiger partial charge is 0.0540 e. The third-order valence-electron chi connectivity index (χ3n) is 6.03. The quantitative estimate of drug-likeness (QED) is 0.264. The molecule has 0 fully saturated rings. The van der Waals surface area contributed by atoms with E-state index in [0.717, 1.165) is 5.69 Å². The minimum atomic E-state index is 1.15. The zero-order valence-electron chi connectivity index (χ0n) is 17.1. The molecule has 0 saturated heterocycles. The molecular weight excluding hydrogens is 374 g/mol. The van der Waals surface area contributed by atoms with Crippen LogP contribution in [0, 0.1) is 0 Å². The normalized spacial score (nSPS) is 11.2. The number of aromatic nitrogens is 1. The van der Waals surface area contributed by atoms with Crippen molar-refractivity contribution >= 4 is 43.4 Å². The van der Waals surface area contributed by atoms with Crippen LogP contribution in [0.1, 0.15) is 0 Å². The maximum absolute atomic E-state index is 2.39. The second-order valence-corrected chi connectivity index (χ2v) is 7.80. The molecule has 0 atom stereocenters. The van der Waals surface area contributed by atoms with Gasteiger partial charge >= 0.3 is 0 Å². The van der Waals surface area contributed by atoms with Crippen molar-refractivity contribution in [3.63, 3.8) is 0 Å². The van der Waals surface area contributed by atoms with Crippen LogP contribution in [-0.2, 0) is 0 Å². The van der Waals surface area contributed by atoms with E-state index < -0.39 is 0 Å². The van der Waals surface area contributed by atoms with Gasteiger partial charge in [0.15, 0.2) is 0 Å². The van der Waals surface area contributed by atoms with E-state index in [0.29, 0.717) is 0 Å². The molecule has 0 bridgehead atoms. The molecule has 6 rings (SSSR count). The molecular formula is C30H21N. The Morgan fingerprint density at radius 1 is 0.290 bits per heavy atom. The average Bonchev–Trinajstić information content (AvgIpc) is 2.89. The highest BCUT2D eigenvalue weighted by Crippen LogP contribution is 2.33. The van der Waals surface area contributed by atoms with E-state index in [1.165, 1.54) is 43.4 Å². The van der Waals surface area contributed by atoms with Gasteiger partial charge in [-0.25, -0.2) is 0 Å². The van der Waals surface area contributed by atoms with Gasteiger partial charge in [-0.05, 0) is 45.8 Å². The molecule has 0 amide bonds. The lowest BCUT2D eigenvalue weighted by atomic mass is 10.0. The Labute approximate surface area is 181 Å². The molecule has 0 radical (unpaired) electrons. The van der Waals surface area contributed by atoms with E-state index >= 15 is 0 Å². The van der Waals surface area contributed by atoms with Gasteiger partial charge in [0.25, 0.3) is 0 Å². The van der Waals surface area contributed by atoms with Gasteiger partial charge < -0.3 is 4.57 Å². The fraction of sp³-hybridized carbons (Fsp3) is 0. The molecule has 31 heavy (non-hydrogen) atoms. The molecule has 0 spiro atoms. The van der Waals surface area contributed by atoms with Crippen LogP contribution < -0.4 is 0 Å². The number of hydrogen-bond donors (Lipinski definition) is 0. The number of benzene rings is 5. The first kappa shape index (κ1) is 17.7. The summed E-state index contributed by atoms with van der Waals surface area (Å²) in [5, 5.41) is 7.48. The maximum Gasteiger partial charge on any atom is 0.0540 e. The summed E-state index contributed by atoms with van der Waals surface area (Å²) in [7, 11) is 0. The van der Waals surface area contributed by atoms with Crippen molar-refractivity contribution in [2.45, 2.75) is 0 Å². The third-order valence-corrected chi connectivity index (χ3v) is 6.03. The molecule has 0 unspecified atom stereocenters. The standard InChI is InChI=1S/C30H21N/c1-2-12-22(13-3-1)31-29-20-10-8-18-27(29)25-16-6-4-14-23(25)24-15-5-7-17-26(24)28-19-9-11-21-30(28)31/h1-21H. The van der Waals surface area contributed by atoms with Crippen LogP contribution >= 0.6 is 0 Å². The van der Waals surface area contributed by atoms with Gasteiger partial charge in [0.1, 0.15) is 0 Å². The maximum atomic E-state index is 2.39. The minimum absolute atomic E-state index is 1.15. The summed E-state index contributed by atoms with van der Waals surface area (Å²) in [4.78, 5) is 0. The molecule has 1 heterocycles. The van der Waals surface area contributed by atoms with Crippen molar-refractivity contribution in [2.75, 3.05) is 0 Å². The molecule has 0 aliphatic rings. The number of para-hydroxylation sites is 3. The summed E-state index contributed by atoms with van der Waals surface area (Å²) < 4.78 is 2.39. The number of nitrogens with zero attached hydrogens (tertiary/aromatic N) is 1. The first-order chi connectivity index (χ1) is 15.4. The van der Waals surface area contributed by atoms with Crippen molar-refractivity contribution in [3.8, 4) is 5.69 Å². The van der Waals surface area contributed by atoms with Crippen molar-refractivity contribution in [2.24, 2.45) is 0 Å². The molecule has 1 aromatic heterocycles. The molecule has 1 nitrogen and oxygen atoms in total. The molecule has 1 heteroatoms. The van der Waals surface area contributed by atoms with Crippen LogP contribution in [0.15, 0.2) is 127 Å². The van der Waals surface area contributed by atoms with Crippen LogP contribution in [0.4, 0.5) is 0 Å².